The van der Waals surface area contributed by atoms with Crippen molar-refractivity contribution in [1.82, 2.24) is 4.90 Å². The summed E-state index contributed by atoms with van der Waals surface area (Å²) in [5, 5.41) is 0. The van der Waals surface area contributed by atoms with E-state index < -0.39 is 23.9 Å². The number of methoxy groups -OCH3 is 1. The van der Waals surface area contributed by atoms with Gasteiger partial charge in [-0.1, -0.05) is 54.6 Å². The Hall–Kier alpha value is -3.87. The summed E-state index contributed by atoms with van der Waals surface area (Å²) in [6.45, 7) is 0.184. The van der Waals surface area contributed by atoms with Gasteiger partial charge in [-0.25, -0.2) is 14.0 Å². The molecule has 170 valence electrons. The summed E-state index contributed by atoms with van der Waals surface area (Å²) in [5.41, 5.74) is 3.21. The van der Waals surface area contributed by atoms with Crippen molar-refractivity contribution in [3.8, 4) is 5.75 Å². The lowest BCUT2D eigenvalue weighted by atomic mass is 9.88. The molecular weight excluding hydrogens is 425 g/mol. The maximum Gasteiger partial charge on any atom is 0.410 e. The van der Waals surface area contributed by atoms with Gasteiger partial charge < -0.3 is 14.2 Å². The number of rotatable bonds is 6. The van der Waals surface area contributed by atoms with Crippen LogP contribution in [-0.4, -0.2) is 37.2 Å². The molecular formula is C26H24FNO5. The summed E-state index contributed by atoms with van der Waals surface area (Å²) in [6, 6.07) is 20.5. The molecule has 7 heteroatoms. The van der Waals surface area contributed by atoms with E-state index in [0.717, 1.165) is 16.7 Å². The Kier molecular flexibility index (Phi) is 6.88. The first-order chi connectivity index (χ1) is 16.1. The number of amides is 1. The molecule has 1 aliphatic rings. The molecule has 0 spiro atoms. The Morgan fingerprint density at radius 1 is 1.00 bits per heavy atom. The van der Waals surface area contributed by atoms with Crippen LogP contribution in [0, 0.1) is 5.82 Å². The lowest BCUT2D eigenvalue weighted by Gasteiger charge is -2.37. The van der Waals surface area contributed by atoms with Gasteiger partial charge in [0.2, 0.25) is 0 Å². The number of esters is 1. The topological polar surface area (TPSA) is 65.1 Å². The van der Waals surface area contributed by atoms with Crippen molar-refractivity contribution in [3.05, 3.63) is 101 Å². The van der Waals surface area contributed by atoms with Crippen LogP contribution < -0.4 is 4.74 Å². The fourth-order valence-corrected chi connectivity index (χ4v) is 3.96. The molecule has 3 aromatic rings. The fourth-order valence-electron chi connectivity index (χ4n) is 3.96. The fraction of sp³-hybridized carbons (Fsp3) is 0.231. The van der Waals surface area contributed by atoms with Crippen LogP contribution in [0.1, 0.15) is 28.3 Å². The molecule has 33 heavy (non-hydrogen) atoms. The average Bonchev–Trinajstić information content (AvgIpc) is 2.86. The Labute approximate surface area is 191 Å². The van der Waals surface area contributed by atoms with Gasteiger partial charge in [0.1, 0.15) is 18.2 Å². The molecule has 0 N–H and O–H groups in total. The third-order valence-corrected chi connectivity index (χ3v) is 5.56. The van der Waals surface area contributed by atoms with Gasteiger partial charge in [0, 0.05) is 12.1 Å². The third-order valence-electron chi connectivity index (χ3n) is 5.56. The Balaban J connectivity index is 1.68. The Morgan fingerprint density at radius 3 is 2.55 bits per heavy atom. The van der Waals surface area contributed by atoms with E-state index in [2.05, 4.69) is 4.74 Å². The molecule has 3 aromatic carbocycles. The zero-order valence-corrected chi connectivity index (χ0v) is 18.2. The van der Waals surface area contributed by atoms with Gasteiger partial charge in [-0.05, 0) is 41.3 Å². The predicted molar refractivity (Wildman–Crippen MR) is 119 cm³/mol. The minimum absolute atomic E-state index is 0.124. The minimum atomic E-state index is -0.637. The predicted octanol–water partition coefficient (Wildman–Crippen LogP) is 4.66. The Morgan fingerprint density at radius 2 is 1.76 bits per heavy atom. The lowest BCUT2D eigenvalue weighted by Crippen LogP contribution is -2.41. The van der Waals surface area contributed by atoms with E-state index in [1.54, 1.807) is 4.90 Å². The smallest absolute Gasteiger partial charge is 0.410 e. The van der Waals surface area contributed by atoms with E-state index in [-0.39, 0.29) is 13.2 Å². The van der Waals surface area contributed by atoms with Crippen LogP contribution in [0.15, 0.2) is 72.8 Å². The highest BCUT2D eigenvalue weighted by Gasteiger charge is 2.35. The molecule has 0 fully saturated rings. The number of hydrogen-bond donors (Lipinski definition) is 0. The first kappa shape index (κ1) is 22.3. The second kappa shape index (κ2) is 10.2. The number of hydrogen-bond acceptors (Lipinski definition) is 5. The molecule has 0 aromatic heterocycles. The van der Waals surface area contributed by atoms with E-state index in [1.165, 1.54) is 25.3 Å². The van der Waals surface area contributed by atoms with Crippen molar-refractivity contribution < 1.29 is 28.2 Å². The molecule has 0 aliphatic carbocycles. The van der Waals surface area contributed by atoms with Crippen molar-refractivity contribution in [2.45, 2.75) is 19.1 Å². The number of fused-ring (bicyclic) bond motifs is 1. The van der Waals surface area contributed by atoms with Gasteiger partial charge in [0.25, 0.3) is 0 Å². The van der Waals surface area contributed by atoms with E-state index in [4.69, 9.17) is 9.47 Å². The van der Waals surface area contributed by atoms with Crippen LogP contribution in [0.3, 0.4) is 0 Å². The van der Waals surface area contributed by atoms with Gasteiger partial charge in [0.05, 0.1) is 13.2 Å². The molecule has 0 radical (unpaired) electrons. The number of carbonyl (C=O) groups excluding carboxylic acids is 2. The number of benzene rings is 3. The zero-order chi connectivity index (χ0) is 23.2. The average molecular weight is 449 g/mol. The molecule has 1 unspecified atom stereocenters. The van der Waals surface area contributed by atoms with E-state index in [1.807, 2.05) is 54.6 Å². The van der Waals surface area contributed by atoms with Crippen LogP contribution in [0.25, 0.3) is 0 Å². The number of ether oxygens (including phenoxy) is 3. The second-order valence-electron chi connectivity index (χ2n) is 7.63. The summed E-state index contributed by atoms with van der Waals surface area (Å²) < 4.78 is 30.3. The minimum Gasteiger partial charge on any atom is -0.482 e. The molecule has 1 heterocycles. The Bertz CT molecular complexity index is 1130. The summed E-state index contributed by atoms with van der Waals surface area (Å²) in [4.78, 5) is 26.4. The van der Waals surface area contributed by atoms with Gasteiger partial charge in [-0.2, -0.15) is 0 Å². The first-order valence-corrected chi connectivity index (χ1v) is 10.6. The van der Waals surface area contributed by atoms with Crippen molar-refractivity contribution >= 4 is 12.1 Å². The first-order valence-electron chi connectivity index (χ1n) is 10.6. The third kappa shape index (κ3) is 5.14. The normalized spacial score (nSPS) is 14.8. The van der Waals surface area contributed by atoms with Gasteiger partial charge in [0.15, 0.2) is 6.61 Å². The molecule has 1 atom stereocenters. The molecule has 1 aliphatic heterocycles. The van der Waals surface area contributed by atoms with E-state index in [0.29, 0.717) is 24.3 Å². The molecule has 0 saturated heterocycles. The van der Waals surface area contributed by atoms with Crippen molar-refractivity contribution in [3.63, 3.8) is 0 Å². The van der Waals surface area contributed by atoms with Crippen LogP contribution in [0.2, 0.25) is 0 Å². The molecule has 1 amide bonds. The van der Waals surface area contributed by atoms with Crippen LogP contribution in [0.5, 0.6) is 5.75 Å². The lowest BCUT2D eigenvalue weighted by molar-refractivity contribution is -0.142. The maximum atomic E-state index is 14.4. The molecule has 0 saturated carbocycles. The van der Waals surface area contributed by atoms with Crippen molar-refractivity contribution in [2.75, 3.05) is 20.3 Å². The number of nitrogens with zero attached hydrogens (tertiary/aromatic N) is 1. The highest BCUT2D eigenvalue weighted by molar-refractivity contribution is 5.72. The highest BCUT2D eigenvalue weighted by atomic mass is 19.1. The molecule has 4 rings (SSSR count). The molecule has 6 nitrogen and oxygen atoms in total. The van der Waals surface area contributed by atoms with Crippen LogP contribution >= 0.6 is 0 Å². The monoisotopic (exact) mass is 449 g/mol. The van der Waals surface area contributed by atoms with Gasteiger partial charge in [-0.15, -0.1) is 0 Å². The summed E-state index contributed by atoms with van der Waals surface area (Å²) in [6.07, 6.45) is 0.127. The number of halogens is 1. The van der Waals surface area contributed by atoms with Crippen LogP contribution in [-0.2, 0) is 27.3 Å². The largest absolute Gasteiger partial charge is 0.482 e. The summed E-state index contributed by atoms with van der Waals surface area (Å²) in [7, 11) is 1.26. The standard InChI is InChI=1S/C26H24FNO5/c1-31-24(29)17-32-23-12-11-20(27)15-22(23)25-21-10-6-5-9-19(21)13-14-28(25)26(30)33-16-18-7-3-2-4-8-18/h2-12,15,25H,13-14,16-17H2,1H3. The van der Waals surface area contributed by atoms with Crippen molar-refractivity contribution in [2.24, 2.45) is 0 Å². The number of carbonyl (C=O) groups is 2. The highest BCUT2D eigenvalue weighted by Crippen LogP contribution is 2.40. The quantitative estimate of drug-likeness (QED) is 0.512. The summed E-state index contributed by atoms with van der Waals surface area (Å²) in [5.74, 6) is -0.742. The zero-order valence-electron chi connectivity index (χ0n) is 18.2. The van der Waals surface area contributed by atoms with Crippen molar-refractivity contribution in [1.29, 1.82) is 0 Å². The maximum absolute atomic E-state index is 14.4. The molecule has 0 bridgehead atoms. The van der Waals surface area contributed by atoms with E-state index >= 15 is 0 Å². The van der Waals surface area contributed by atoms with E-state index in [9.17, 15) is 14.0 Å². The summed E-state index contributed by atoms with van der Waals surface area (Å²) >= 11 is 0. The van der Waals surface area contributed by atoms with Gasteiger partial charge >= 0.3 is 12.1 Å². The SMILES string of the molecule is COC(=O)COc1ccc(F)cc1C1c2ccccc2CCN1C(=O)OCc1ccccc1. The van der Waals surface area contributed by atoms with Crippen LogP contribution in [0.4, 0.5) is 9.18 Å². The van der Waals surface area contributed by atoms with Gasteiger partial charge in [-0.3, -0.25) is 4.90 Å². The second-order valence-corrected chi connectivity index (χ2v) is 7.63.